The van der Waals surface area contributed by atoms with Crippen LogP contribution in [0.2, 0.25) is 0 Å². The third-order valence-electron chi connectivity index (χ3n) is 3.95. The monoisotopic (exact) mass is 311 g/mol. The third-order valence-corrected chi connectivity index (χ3v) is 3.95. The number of amides is 1. The maximum absolute atomic E-state index is 12.3. The van der Waals surface area contributed by atoms with Gasteiger partial charge in [-0.1, -0.05) is 25.1 Å². The second kappa shape index (κ2) is 8.44. The summed E-state index contributed by atoms with van der Waals surface area (Å²) in [4.78, 5) is 18.3. The van der Waals surface area contributed by atoms with Gasteiger partial charge in [0.25, 0.3) is 0 Å². The van der Waals surface area contributed by atoms with Crippen LogP contribution in [0.25, 0.3) is 0 Å². The van der Waals surface area contributed by atoms with Gasteiger partial charge in [-0.15, -0.1) is 0 Å². The number of hydrogen-bond acceptors (Lipinski definition) is 3. The summed E-state index contributed by atoms with van der Waals surface area (Å²) in [5.41, 5.74) is 4.48. The van der Waals surface area contributed by atoms with Crippen LogP contribution in [0.5, 0.6) is 0 Å². The molecule has 0 unspecified atom stereocenters. The fraction of sp³-hybridized carbons (Fsp3) is 0.368. The van der Waals surface area contributed by atoms with Gasteiger partial charge in [0.1, 0.15) is 0 Å². The van der Waals surface area contributed by atoms with Gasteiger partial charge < -0.3 is 5.32 Å². The molecule has 0 radical (unpaired) electrons. The molecule has 4 heteroatoms. The molecule has 4 nitrogen and oxygen atoms in total. The molecule has 2 rings (SSSR count). The molecule has 1 aromatic heterocycles. The molecule has 0 saturated carbocycles. The van der Waals surface area contributed by atoms with E-state index < -0.39 is 0 Å². The van der Waals surface area contributed by atoms with Gasteiger partial charge in [-0.2, -0.15) is 0 Å². The Morgan fingerprint density at radius 1 is 1.22 bits per heavy atom. The number of nitrogens with one attached hydrogen (secondary N) is 1. The summed E-state index contributed by atoms with van der Waals surface area (Å²) < 4.78 is 0. The number of pyridine rings is 1. The molecule has 1 heterocycles. The molecule has 0 aliphatic heterocycles. The maximum Gasteiger partial charge on any atom is 0.238 e. The first-order valence-corrected chi connectivity index (χ1v) is 8.06. The summed E-state index contributed by atoms with van der Waals surface area (Å²) in [6, 6.07) is 10.1. The Labute approximate surface area is 138 Å². The van der Waals surface area contributed by atoms with E-state index in [-0.39, 0.29) is 5.91 Å². The molecular weight excluding hydrogens is 286 g/mol. The summed E-state index contributed by atoms with van der Waals surface area (Å²) in [5.74, 6) is 0.0335. The van der Waals surface area contributed by atoms with Crippen LogP contribution >= 0.6 is 0 Å². The minimum Gasteiger partial charge on any atom is -0.324 e. The van der Waals surface area contributed by atoms with E-state index >= 15 is 0 Å². The van der Waals surface area contributed by atoms with Crippen molar-refractivity contribution >= 4 is 11.6 Å². The van der Waals surface area contributed by atoms with Crippen molar-refractivity contribution in [3.63, 3.8) is 0 Å². The lowest BCUT2D eigenvalue weighted by atomic mass is 10.1. The average Bonchev–Trinajstić information content (AvgIpc) is 2.55. The van der Waals surface area contributed by atoms with Crippen molar-refractivity contribution in [1.82, 2.24) is 9.88 Å². The standard InChI is InChI=1S/C19H25N3O/c1-4-17-7-5-6-15(2)19(17)21-18(23)14-22(3)13-10-16-8-11-20-12-9-16/h5-9,11-12H,4,10,13-14H2,1-3H3,(H,21,23). The van der Waals surface area contributed by atoms with Crippen molar-refractivity contribution in [2.75, 3.05) is 25.5 Å². The van der Waals surface area contributed by atoms with Crippen molar-refractivity contribution in [1.29, 1.82) is 0 Å². The summed E-state index contributed by atoms with van der Waals surface area (Å²) in [6.07, 6.45) is 5.42. The predicted molar refractivity (Wildman–Crippen MR) is 94.6 cm³/mol. The Morgan fingerprint density at radius 2 is 1.96 bits per heavy atom. The number of hydrogen-bond donors (Lipinski definition) is 1. The maximum atomic E-state index is 12.3. The molecule has 0 aliphatic rings. The van der Waals surface area contributed by atoms with Crippen LogP contribution in [0, 0.1) is 6.92 Å². The normalized spacial score (nSPS) is 10.8. The molecule has 122 valence electrons. The lowest BCUT2D eigenvalue weighted by Crippen LogP contribution is -2.32. The fourth-order valence-corrected chi connectivity index (χ4v) is 2.57. The number of para-hydroxylation sites is 1. The first kappa shape index (κ1) is 17.2. The fourth-order valence-electron chi connectivity index (χ4n) is 2.57. The lowest BCUT2D eigenvalue weighted by Gasteiger charge is -2.18. The van der Waals surface area contributed by atoms with Crippen LogP contribution in [0.1, 0.15) is 23.6 Å². The minimum absolute atomic E-state index is 0.0335. The second-order valence-electron chi connectivity index (χ2n) is 5.85. The third kappa shape index (κ3) is 5.18. The van der Waals surface area contributed by atoms with Crippen LogP contribution in [0.15, 0.2) is 42.7 Å². The van der Waals surface area contributed by atoms with E-state index in [9.17, 15) is 4.79 Å². The van der Waals surface area contributed by atoms with E-state index in [0.29, 0.717) is 6.54 Å². The molecule has 0 saturated heterocycles. The van der Waals surface area contributed by atoms with Crippen LogP contribution in [0.3, 0.4) is 0 Å². The molecule has 1 aromatic carbocycles. The van der Waals surface area contributed by atoms with Gasteiger partial charge in [-0.25, -0.2) is 0 Å². The van der Waals surface area contributed by atoms with E-state index in [1.54, 1.807) is 12.4 Å². The van der Waals surface area contributed by atoms with E-state index in [4.69, 9.17) is 0 Å². The zero-order valence-corrected chi connectivity index (χ0v) is 14.2. The van der Waals surface area contributed by atoms with Gasteiger partial charge in [0.2, 0.25) is 5.91 Å². The number of benzene rings is 1. The van der Waals surface area contributed by atoms with E-state index in [1.165, 1.54) is 11.1 Å². The summed E-state index contributed by atoms with van der Waals surface area (Å²) in [5, 5.41) is 3.07. The predicted octanol–water partition coefficient (Wildman–Crippen LogP) is 3.07. The van der Waals surface area contributed by atoms with E-state index in [0.717, 1.165) is 30.6 Å². The van der Waals surface area contributed by atoms with E-state index in [2.05, 4.69) is 23.3 Å². The molecule has 0 bridgehead atoms. The second-order valence-corrected chi connectivity index (χ2v) is 5.85. The van der Waals surface area contributed by atoms with Crippen molar-refractivity contribution in [2.24, 2.45) is 0 Å². The highest BCUT2D eigenvalue weighted by atomic mass is 16.2. The molecule has 23 heavy (non-hydrogen) atoms. The van der Waals surface area contributed by atoms with Gasteiger partial charge in [0, 0.05) is 24.6 Å². The largest absolute Gasteiger partial charge is 0.324 e. The quantitative estimate of drug-likeness (QED) is 0.855. The molecule has 0 aliphatic carbocycles. The van der Waals surface area contributed by atoms with Gasteiger partial charge in [-0.3, -0.25) is 14.7 Å². The highest BCUT2D eigenvalue weighted by Crippen LogP contribution is 2.20. The van der Waals surface area contributed by atoms with Crippen molar-refractivity contribution < 1.29 is 4.79 Å². The smallest absolute Gasteiger partial charge is 0.238 e. The Balaban J connectivity index is 1.87. The molecule has 0 atom stereocenters. The van der Waals surface area contributed by atoms with Crippen LogP contribution in [-0.4, -0.2) is 35.9 Å². The molecule has 0 spiro atoms. The topological polar surface area (TPSA) is 45.2 Å². The number of likely N-dealkylation sites (N-methyl/N-ethyl adjacent to an activating group) is 1. The molecule has 2 aromatic rings. The zero-order valence-electron chi connectivity index (χ0n) is 14.2. The van der Waals surface area contributed by atoms with Gasteiger partial charge in [0.15, 0.2) is 0 Å². The number of rotatable bonds is 7. The van der Waals surface area contributed by atoms with Crippen molar-refractivity contribution in [3.8, 4) is 0 Å². The number of aromatic nitrogens is 1. The van der Waals surface area contributed by atoms with Crippen molar-refractivity contribution in [2.45, 2.75) is 26.7 Å². The summed E-state index contributed by atoms with van der Waals surface area (Å²) in [7, 11) is 1.97. The van der Waals surface area contributed by atoms with Crippen LogP contribution < -0.4 is 5.32 Å². The zero-order chi connectivity index (χ0) is 16.7. The number of anilines is 1. The molecule has 1 amide bonds. The highest BCUT2D eigenvalue weighted by molar-refractivity contribution is 5.93. The molecule has 0 fully saturated rings. The van der Waals surface area contributed by atoms with E-state index in [1.807, 2.05) is 43.1 Å². The van der Waals surface area contributed by atoms with Crippen LogP contribution in [-0.2, 0) is 17.6 Å². The SMILES string of the molecule is CCc1cccc(C)c1NC(=O)CN(C)CCc1ccncc1. The summed E-state index contributed by atoms with van der Waals surface area (Å²) in [6.45, 7) is 5.36. The first-order valence-electron chi connectivity index (χ1n) is 8.06. The van der Waals surface area contributed by atoms with Gasteiger partial charge >= 0.3 is 0 Å². The number of aryl methyl sites for hydroxylation is 2. The Morgan fingerprint density at radius 3 is 2.65 bits per heavy atom. The minimum atomic E-state index is 0.0335. The summed E-state index contributed by atoms with van der Waals surface area (Å²) >= 11 is 0. The van der Waals surface area contributed by atoms with Gasteiger partial charge in [-0.05, 0) is 55.6 Å². The van der Waals surface area contributed by atoms with Crippen molar-refractivity contribution in [3.05, 3.63) is 59.4 Å². The van der Waals surface area contributed by atoms with Gasteiger partial charge in [0.05, 0.1) is 6.54 Å². The number of carbonyl (C=O) groups excluding carboxylic acids is 1. The van der Waals surface area contributed by atoms with Crippen LogP contribution in [0.4, 0.5) is 5.69 Å². The number of carbonyl (C=O) groups is 1. The molecule has 1 N–H and O–H groups in total. The Kier molecular flexibility index (Phi) is 6.29. The highest BCUT2D eigenvalue weighted by Gasteiger charge is 2.10. The Bertz CT molecular complexity index is 640. The first-order chi connectivity index (χ1) is 11.1. The lowest BCUT2D eigenvalue weighted by molar-refractivity contribution is -0.117. The number of nitrogens with zero attached hydrogens (tertiary/aromatic N) is 2. The molecular formula is C19H25N3O. The Hall–Kier alpha value is -2.20. The average molecular weight is 311 g/mol.